The fourth-order valence-electron chi connectivity index (χ4n) is 4.48. The Morgan fingerprint density at radius 2 is 1.94 bits per heavy atom. The molecule has 5 rings (SSSR count). The third-order valence-electron chi connectivity index (χ3n) is 6.32. The second-order valence-corrected chi connectivity index (χ2v) is 10.1. The summed E-state index contributed by atoms with van der Waals surface area (Å²) in [6, 6.07) is 2.12. The van der Waals surface area contributed by atoms with E-state index in [0.29, 0.717) is 26.3 Å². The van der Waals surface area contributed by atoms with Crippen LogP contribution >= 0.6 is 22.9 Å². The Kier molecular flexibility index (Phi) is 7.59. The predicted octanol–water partition coefficient (Wildman–Crippen LogP) is 2.37. The number of hydrogen-bond donors (Lipinski definition) is 0. The molecular formula is C22H30ClN5O4S. The van der Waals surface area contributed by atoms with Crippen molar-refractivity contribution in [3.05, 3.63) is 16.2 Å². The van der Waals surface area contributed by atoms with Crippen LogP contribution in [0.3, 0.4) is 0 Å². The van der Waals surface area contributed by atoms with Crippen molar-refractivity contribution in [2.24, 2.45) is 0 Å². The highest BCUT2D eigenvalue weighted by Gasteiger charge is 2.24. The monoisotopic (exact) mass is 495 g/mol. The molecule has 1 unspecified atom stereocenters. The molecule has 0 saturated carbocycles. The van der Waals surface area contributed by atoms with Gasteiger partial charge in [-0.3, -0.25) is 9.69 Å². The number of morpholine rings is 1. The number of nitrogens with zero attached hydrogens (tertiary/aromatic N) is 5. The van der Waals surface area contributed by atoms with Gasteiger partial charge in [0.1, 0.15) is 6.61 Å². The molecule has 0 N–H and O–H groups in total. The molecule has 3 aliphatic rings. The minimum Gasteiger partial charge on any atom is -0.378 e. The fourth-order valence-corrected chi connectivity index (χ4v) is 5.80. The molecule has 9 nitrogen and oxygen atoms in total. The highest BCUT2D eigenvalue weighted by molar-refractivity contribution is 7.19. The third kappa shape index (κ3) is 5.75. The van der Waals surface area contributed by atoms with Crippen LogP contribution in [0.25, 0.3) is 10.2 Å². The molecule has 0 bridgehead atoms. The van der Waals surface area contributed by atoms with Gasteiger partial charge >= 0.3 is 0 Å². The molecule has 3 aliphatic heterocycles. The Bertz CT molecular complexity index is 956. The van der Waals surface area contributed by atoms with Gasteiger partial charge in [0, 0.05) is 57.3 Å². The number of amides is 1. The summed E-state index contributed by atoms with van der Waals surface area (Å²) in [6.45, 7) is 7.76. The van der Waals surface area contributed by atoms with Crippen molar-refractivity contribution in [1.29, 1.82) is 0 Å². The molecule has 2 aromatic rings. The molecule has 5 heterocycles. The SMILES string of the molecule is O=C(COC1CCCCO1)N1CCN(Cc2cc3nc(Cl)nc(N4CCOCC4)c3s2)CC1. The van der Waals surface area contributed by atoms with E-state index in [1.165, 1.54) is 4.88 Å². The number of carbonyl (C=O) groups is 1. The molecule has 1 atom stereocenters. The molecular weight excluding hydrogens is 466 g/mol. The van der Waals surface area contributed by atoms with Crippen LogP contribution in [-0.4, -0.2) is 97.7 Å². The van der Waals surface area contributed by atoms with Gasteiger partial charge in [0.2, 0.25) is 11.2 Å². The highest BCUT2D eigenvalue weighted by atomic mass is 35.5. The number of thiophene rings is 1. The van der Waals surface area contributed by atoms with Crippen molar-refractivity contribution >= 4 is 44.9 Å². The van der Waals surface area contributed by atoms with Crippen molar-refractivity contribution < 1.29 is 19.0 Å². The van der Waals surface area contributed by atoms with E-state index in [2.05, 4.69) is 25.8 Å². The number of rotatable bonds is 6. The normalized spacial score (nSPS) is 22.8. The Labute approximate surface area is 202 Å². The first-order valence-electron chi connectivity index (χ1n) is 11.7. The van der Waals surface area contributed by atoms with Crippen LogP contribution in [0.1, 0.15) is 24.1 Å². The van der Waals surface area contributed by atoms with Gasteiger partial charge in [-0.15, -0.1) is 11.3 Å². The lowest BCUT2D eigenvalue weighted by atomic mass is 10.2. The summed E-state index contributed by atoms with van der Waals surface area (Å²) in [5.74, 6) is 0.952. The quantitative estimate of drug-likeness (QED) is 0.565. The molecule has 0 spiro atoms. The van der Waals surface area contributed by atoms with Crippen LogP contribution < -0.4 is 4.90 Å². The van der Waals surface area contributed by atoms with Crippen molar-refractivity contribution in [2.75, 3.05) is 70.6 Å². The van der Waals surface area contributed by atoms with Gasteiger partial charge < -0.3 is 24.0 Å². The van der Waals surface area contributed by atoms with Gasteiger partial charge in [-0.05, 0) is 36.9 Å². The number of piperazine rings is 1. The molecule has 3 saturated heterocycles. The summed E-state index contributed by atoms with van der Waals surface area (Å²) >= 11 is 7.95. The van der Waals surface area contributed by atoms with E-state index in [-0.39, 0.29) is 24.1 Å². The summed E-state index contributed by atoms with van der Waals surface area (Å²) in [7, 11) is 0. The van der Waals surface area contributed by atoms with E-state index in [0.717, 1.165) is 74.6 Å². The van der Waals surface area contributed by atoms with Crippen molar-refractivity contribution in [3.8, 4) is 0 Å². The summed E-state index contributed by atoms with van der Waals surface area (Å²) in [5.41, 5.74) is 0.896. The minimum atomic E-state index is -0.226. The number of ether oxygens (including phenoxy) is 3. The third-order valence-corrected chi connectivity index (χ3v) is 7.60. The average Bonchev–Trinajstić information content (AvgIpc) is 3.25. The average molecular weight is 496 g/mol. The first kappa shape index (κ1) is 23.2. The predicted molar refractivity (Wildman–Crippen MR) is 127 cm³/mol. The van der Waals surface area contributed by atoms with Crippen LogP contribution in [0, 0.1) is 0 Å². The van der Waals surface area contributed by atoms with Crippen LogP contribution in [0.4, 0.5) is 5.82 Å². The number of aromatic nitrogens is 2. The van der Waals surface area contributed by atoms with Crippen LogP contribution in [0.15, 0.2) is 6.07 Å². The molecule has 33 heavy (non-hydrogen) atoms. The number of halogens is 1. The van der Waals surface area contributed by atoms with Gasteiger partial charge in [0.05, 0.1) is 23.4 Å². The van der Waals surface area contributed by atoms with Gasteiger partial charge in [-0.25, -0.2) is 4.98 Å². The van der Waals surface area contributed by atoms with Gasteiger partial charge in [-0.1, -0.05) is 0 Å². The lowest BCUT2D eigenvalue weighted by molar-refractivity contribution is -0.175. The second kappa shape index (κ2) is 10.8. The zero-order chi connectivity index (χ0) is 22.6. The standard InChI is InChI=1S/C22H30ClN5O4S/c23-22-24-17-13-16(33-20(17)21(25-22)28-8-11-30-12-9-28)14-26-4-6-27(7-5-26)18(29)15-32-19-3-1-2-10-31-19/h13,19H,1-12,14-15H2. The van der Waals surface area contributed by atoms with E-state index in [1.54, 1.807) is 11.3 Å². The molecule has 0 aromatic carbocycles. The van der Waals surface area contributed by atoms with Crippen LogP contribution in [0.2, 0.25) is 5.28 Å². The first-order valence-corrected chi connectivity index (χ1v) is 12.9. The molecule has 0 aliphatic carbocycles. The first-order chi connectivity index (χ1) is 16.2. The number of fused-ring (bicyclic) bond motifs is 1. The van der Waals surface area contributed by atoms with E-state index in [9.17, 15) is 4.79 Å². The minimum absolute atomic E-state index is 0.0470. The van der Waals surface area contributed by atoms with Gasteiger partial charge in [-0.2, -0.15) is 4.98 Å². The van der Waals surface area contributed by atoms with Crippen LogP contribution in [-0.2, 0) is 25.5 Å². The maximum Gasteiger partial charge on any atom is 0.248 e. The second-order valence-electron chi connectivity index (χ2n) is 8.61. The van der Waals surface area contributed by atoms with Crippen molar-refractivity contribution in [1.82, 2.24) is 19.8 Å². The zero-order valence-corrected chi connectivity index (χ0v) is 20.3. The Morgan fingerprint density at radius 1 is 1.12 bits per heavy atom. The molecule has 1 amide bonds. The Balaban J connectivity index is 1.16. The highest BCUT2D eigenvalue weighted by Crippen LogP contribution is 2.34. The molecule has 180 valence electrons. The number of anilines is 1. The van der Waals surface area contributed by atoms with E-state index in [1.807, 2.05) is 4.90 Å². The number of hydrogen-bond acceptors (Lipinski definition) is 9. The maximum absolute atomic E-state index is 12.5. The van der Waals surface area contributed by atoms with Crippen molar-refractivity contribution in [3.63, 3.8) is 0 Å². The summed E-state index contributed by atoms with van der Waals surface area (Å²) < 4.78 is 17.8. The lowest BCUT2D eigenvalue weighted by Crippen LogP contribution is -2.49. The fraction of sp³-hybridized carbons (Fsp3) is 0.682. The summed E-state index contributed by atoms with van der Waals surface area (Å²) in [6.07, 6.45) is 2.82. The van der Waals surface area contributed by atoms with E-state index >= 15 is 0 Å². The Hall–Kier alpha value is -1.56. The summed E-state index contributed by atoms with van der Waals surface area (Å²) in [4.78, 5) is 29.2. The summed E-state index contributed by atoms with van der Waals surface area (Å²) in [5, 5.41) is 0.279. The number of carbonyl (C=O) groups excluding carboxylic acids is 1. The van der Waals surface area contributed by atoms with Gasteiger partial charge in [0.25, 0.3) is 0 Å². The lowest BCUT2D eigenvalue weighted by Gasteiger charge is -2.34. The van der Waals surface area contributed by atoms with E-state index < -0.39 is 0 Å². The van der Waals surface area contributed by atoms with Crippen LogP contribution in [0.5, 0.6) is 0 Å². The molecule has 0 radical (unpaired) electrons. The topological polar surface area (TPSA) is 80.3 Å². The zero-order valence-electron chi connectivity index (χ0n) is 18.7. The largest absolute Gasteiger partial charge is 0.378 e. The van der Waals surface area contributed by atoms with Gasteiger partial charge in [0.15, 0.2) is 12.1 Å². The molecule has 11 heteroatoms. The molecule has 2 aromatic heterocycles. The van der Waals surface area contributed by atoms with E-state index in [4.69, 9.17) is 25.8 Å². The Morgan fingerprint density at radius 3 is 2.70 bits per heavy atom. The smallest absolute Gasteiger partial charge is 0.248 e. The molecule has 3 fully saturated rings. The van der Waals surface area contributed by atoms with Crippen molar-refractivity contribution in [2.45, 2.75) is 32.1 Å². The maximum atomic E-state index is 12.5.